The zero-order valence-corrected chi connectivity index (χ0v) is 49.3. The molecule has 0 bridgehead atoms. The molecule has 26 nitrogen and oxygen atoms in total. The molecule has 8 rings (SSSR count). The van der Waals surface area contributed by atoms with Crippen molar-refractivity contribution >= 4 is 119 Å². The summed E-state index contributed by atoms with van der Waals surface area (Å²) in [5, 5.41) is 25.8. The summed E-state index contributed by atoms with van der Waals surface area (Å²) in [7, 11) is 0. The molecule has 0 aliphatic heterocycles. The number of H-pyrrole nitrogens is 2. The lowest BCUT2D eigenvalue weighted by molar-refractivity contribution is -0.177. The van der Waals surface area contributed by atoms with Crippen LogP contribution in [0.25, 0.3) is 22.3 Å². The summed E-state index contributed by atoms with van der Waals surface area (Å²) in [5.41, 5.74) is 11.4. The topological polar surface area (TPSA) is 369 Å². The molecule has 0 saturated carbocycles. The van der Waals surface area contributed by atoms with Crippen molar-refractivity contribution in [3.63, 3.8) is 0 Å². The molecule has 2 atom stereocenters. The van der Waals surface area contributed by atoms with Gasteiger partial charge in [0.1, 0.15) is 17.6 Å². The number of nitrogens with two attached hydrogens (primary N) is 1. The number of halogens is 2. The summed E-state index contributed by atoms with van der Waals surface area (Å²) < 4.78 is 20.7. The van der Waals surface area contributed by atoms with Gasteiger partial charge in [-0.05, 0) is 43.0 Å². The molecule has 9 N–H and O–H groups in total. The maximum absolute atomic E-state index is 12.6. The lowest BCUT2D eigenvalue weighted by atomic mass is 10.2. The van der Waals surface area contributed by atoms with Crippen LogP contribution in [-0.2, 0) is 73.9 Å². The van der Waals surface area contributed by atoms with Crippen LogP contribution in [0.4, 0.5) is 23.5 Å². The number of fused-ring (bicyclic) bond motifs is 2. The molecule has 4 aromatic heterocycles. The molecule has 434 valence electrons. The van der Waals surface area contributed by atoms with Crippen molar-refractivity contribution in [2.75, 3.05) is 41.5 Å². The minimum atomic E-state index is -1.37. The molecule has 0 saturated heterocycles. The molecule has 0 radical (unpaired) electrons. The number of carboxylic acids is 1. The number of anilines is 4. The quantitative estimate of drug-likeness (QED) is 0.0265. The lowest BCUT2D eigenvalue weighted by Crippen LogP contribution is -2.33. The van der Waals surface area contributed by atoms with Crippen molar-refractivity contribution < 1.29 is 57.9 Å². The molecular weight excluding hydrogens is 1290 g/mol. The molecule has 0 aliphatic rings. The SMILES string of the molecule is CC(=O)Nc1nc(NCc2ccccc2)nc2c1[nH]c(=O)n2Cc1ccccc1.CC(OC(=O)C(C)OC(=O)COC(=O)CO)C(=O)O.CCOC(C)=O.II.Nc1nc(NCc2ccccc2)nc2c1[nH]c(=O)n2Cc1ccccc1. The summed E-state index contributed by atoms with van der Waals surface area (Å²) in [6, 6.07) is 39.1. The molecule has 0 spiro atoms. The number of carbonyl (C=O) groups is 6. The Balaban J connectivity index is 0.000000253. The third-order valence-corrected chi connectivity index (χ3v) is 10.6. The number of nitrogen functional groups attached to an aromatic ring is 1. The van der Waals surface area contributed by atoms with Crippen LogP contribution in [0.3, 0.4) is 0 Å². The number of aromatic amines is 2. The third kappa shape index (κ3) is 21.7. The highest BCUT2D eigenvalue weighted by Crippen LogP contribution is 2.21. The number of nitrogens with zero attached hydrogens (tertiary/aromatic N) is 6. The highest BCUT2D eigenvalue weighted by Gasteiger charge is 2.25. The molecule has 1 amide bonds. The molecule has 28 heteroatoms. The standard InChI is InChI=1S/C21H20N6O2.C19H18N6O.C10H14O9.C4H8O2.I2/c1-14(28)23-18-17-19(26-20(25-18)22-12-15-8-4-2-5-9-15)27(21(29)24-17)13-16-10-6-3-7-11-16;20-16-15-17(24-18(23-16)21-11-13-7-3-1-4-8-13)25(19(26)22-15)12-14-9-5-2-6-10-14;1-5(9(14)15)19-10(16)6(2)18-8(13)4-17-7(12)3-11;1-3-6-4(2)5;1-2/h2-11H,12-13H2,1H3,(H,24,29)(H2,22,23,25,26,28);1-10H,11-12H2,(H,22,26)(H3,20,21,23,24);5-6,11H,3-4H2,1-2H3,(H,14,15);3H2,1-2H3;. The fourth-order valence-corrected chi connectivity index (χ4v) is 6.86. The zero-order valence-electron chi connectivity index (χ0n) is 45.0. The second kappa shape index (κ2) is 34.4. The summed E-state index contributed by atoms with van der Waals surface area (Å²) >= 11 is 4.24. The maximum atomic E-state index is 12.6. The summed E-state index contributed by atoms with van der Waals surface area (Å²) in [4.78, 5) is 113. The van der Waals surface area contributed by atoms with Crippen LogP contribution in [0, 0.1) is 0 Å². The van der Waals surface area contributed by atoms with Crippen molar-refractivity contribution in [1.82, 2.24) is 39.0 Å². The van der Waals surface area contributed by atoms with Crippen molar-refractivity contribution in [3.05, 3.63) is 165 Å². The number of benzene rings is 4. The molecule has 2 unspecified atom stereocenters. The first kappa shape index (κ1) is 65.7. The van der Waals surface area contributed by atoms with Crippen LogP contribution < -0.4 is 33.1 Å². The predicted octanol–water partition coefficient (Wildman–Crippen LogP) is 5.91. The van der Waals surface area contributed by atoms with Gasteiger partial charge >= 0.3 is 41.2 Å². The van der Waals surface area contributed by atoms with Crippen molar-refractivity contribution in [3.8, 4) is 0 Å². The number of carbonyl (C=O) groups excluding carboxylic acids is 5. The number of esters is 4. The number of aromatic nitrogens is 8. The number of nitrogens with one attached hydrogen (secondary N) is 5. The predicted molar refractivity (Wildman–Crippen MR) is 321 cm³/mol. The number of carboxylic acid groups (broad SMARTS) is 1. The molecule has 82 heavy (non-hydrogen) atoms. The monoisotopic (exact) mass is 1350 g/mol. The van der Waals surface area contributed by atoms with Gasteiger partial charge in [-0.3, -0.25) is 18.7 Å². The average Bonchev–Trinajstić information content (AvgIpc) is 4.11. The molecule has 8 aromatic rings. The average molecular weight is 1350 g/mol. The molecular formula is C54H60I2N12O14. The van der Waals surface area contributed by atoms with E-state index in [2.05, 4.69) is 102 Å². The first-order chi connectivity index (χ1) is 39.3. The number of aliphatic carboxylic acids is 1. The van der Waals surface area contributed by atoms with Gasteiger partial charge in [-0.2, -0.15) is 19.9 Å². The number of hydrogen-bond acceptors (Lipinski definition) is 20. The second-order valence-corrected chi connectivity index (χ2v) is 16.9. The summed E-state index contributed by atoms with van der Waals surface area (Å²) in [5.74, 6) is -3.71. The zero-order chi connectivity index (χ0) is 60.1. The highest BCUT2D eigenvalue weighted by molar-refractivity contribution is 15.0. The van der Waals surface area contributed by atoms with Crippen LogP contribution in [-0.4, -0.2) is 117 Å². The van der Waals surface area contributed by atoms with E-state index in [-0.39, 0.29) is 34.9 Å². The van der Waals surface area contributed by atoms with Gasteiger partial charge in [0.2, 0.25) is 17.8 Å². The van der Waals surface area contributed by atoms with Gasteiger partial charge in [-0.1, -0.05) is 121 Å². The fourth-order valence-electron chi connectivity index (χ4n) is 6.86. The number of aliphatic hydroxyl groups excluding tert-OH is 1. The Bertz CT molecular complexity index is 3480. The molecule has 4 heterocycles. The minimum Gasteiger partial charge on any atom is -0.479 e. The lowest BCUT2D eigenvalue weighted by Gasteiger charge is -2.14. The van der Waals surface area contributed by atoms with Gasteiger partial charge in [-0.25, -0.2) is 28.8 Å². The van der Waals surface area contributed by atoms with Gasteiger partial charge in [0, 0.05) is 64.2 Å². The van der Waals surface area contributed by atoms with Crippen LogP contribution in [0.2, 0.25) is 0 Å². The fraction of sp³-hybridized carbons (Fsp3) is 0.259. The number of imidazole rings is 2. The Morgan fingerprint density at radius 1 is 0.622 bits per heavy atom. The number of amides is 1. The Morgan fingerprint density at radius 3 is 1.48 bits per heavy atom. The van der Waals surface area contributed by atoms with E-state index >= 15 is 0 Å². The Hall–Kier alpha value is -8.78. The van der Waals surface area contributed by atoms with Crippen LogP contribution in [0.5, 0.6) is 0 Å². The van der Waals surface area contributed by atoms with Crippen LogP contribution >= 0.6 is 37.2 Å². The van der Waals surface area contributed by atoms with E-state index in [1.165, 1.54) is 25.3 Å². The summed E-state index contributed by atoms with van der Waals surface area (Å²) in [6.45, 7) is 7.54. The summed E-state index contributed by atoms with van der Waals surface area (Å²) in [6.07, 6.45) is -2.72. The van der Waals surface area contributed by atoms with E-state index in [4.69, 9.17) is 15.9 Å². The van der Waals surface area contributed by atoms with Crippen LogP contribution in [0.1, 0.15) is 56.9 Å². The number of hydrogen-bond donors (Lipinski definition) is 8. The van der Waals surface area contributed by atoms with E-state index in [1.54, 1.807) is 11.5 Å². The van der Waals surface area contributed by atoms with Crippen molar-refractivity contribution in [1.29, 1.82) is 0 Å². The normalized spacial score (nSPS) is 10.9. The van der Waals surface area contributed by atoms with Gasteiger partial charge in [-0.15, -0.1) is 0 Å². The van der Waals surface area contributed by atoms with E-state index in [0.717, 1.165) is 29.2 Å². The van der Waals surface area contributed by atoms with Gasteiger partial charge in [0.05, 0.1) is 19.7 Å². The van der Waals surface area contributed by atoms with E-state index in [1.807, 2.05) is 121 Å². The number of ether oxygens (including phenoxy) is 4. The minimum absolute atomic E-state index is 0.211. The number of aliphatic hydroxyl groups is 1. The second-order valence-electron chi connectivity index (χ2n) is 16.9. The van der Waals surface area contributed by atoms with Gasteiger partial charge < -0.3 is 60.8 Å². The van der Waals surface area contributed by atoms with E-state index in [0.29, 0.717) is 67.0 Å². The Labute approximate surface area is 491 Å². The van der Waals surface area contributed by atoms with Gasteiger partial charge in [0.25, 0.3) is 0 Å². The number of rotatable bonds is 19. The molecule has 4 aromatic carbocycles. The first-order valence-corrected chi connectivity index (χ1v) is 31.0. The largest absolute Gasteiger partial charge is 0.479 e. The first-order valence-electron chi connectivity index (χ1n) is 24.7. The smallest absolute Gasteiger partial charge is 0.347 e. The Kier molecular flexibility index (Phi) is 27.6. The van der Waals surface area contributed by atoms with Crippen molar-refractivity contribution in [2.24, 2.45) is 0 Å². The van der Waals surface area contributed by atoms with E-state index in [9.17, 15) is 38.4 Å². The molecule has 0 fully saturated rings. The van der Waals surface area contributed by atoms with Gasteiger partial charge in [0.15, 0.2) is 41.7 Å². The molecule has 0 aliphatic carbocycles. The van der Waals surface area contributed by atoms with Crippen molar-refractivity contribution in [2.45, 2.75) is 73.0 Å². The third-order valence-electron chi connectivity index (χ3n) is 10.6. The highest BCUT2D eigenvalue weighted by atomic mass is 128. The van der Waals surface area contributed by atoms with Crippen LogP contribution in [0.15, 0.2) is 131 Å². The Morgan fingerprint density at radius 2 is 1.06 bits per heavy atom. The van der Waals surface area contributed by atoms with E-state index < -0.39 is 49.3 Å². The maximum Gasteiger partial charge on any atom is 0.347 e.